The van der Waals surface area contributed by atoms with Gasteiger partial charge in [-0.05, 0) is 30.3 Å². The molecule has 5 heteroatoms. The number of amides is 1. The first-order chi connectivity index (χ1) is 10.6. The molecule has 0 aliphatic carbocycles. The van der Waals surface area contributed by atoms with Crippen LogP contribution in [-0.4, -0.2) is 19.6 Å². The van der Waals surface area contributed by atoms with E-state index in [0.29, 0.717) is 21.4 Å². The van der Waals surface area contributed by atoms with Crippen LogP contribution in [0.2, 0.25) is 10.0 Å². The van der Waals surface area contributed by atoms with Gasteiger partial charge in [0.1, 0.15) is 5.75 Å². The van der Waals surface area contributed by atoms with Gasteiger partial charge in [0, 0.05) is 5.02 Å². The normalized spacial score (nSPS) is 9.59. The lowest BCUT2D eigenvalue weighted by Crippen LogP contribution is -2.23. The molecule has 0 aromatic heterocycles. The summed E-state index contributed by atoms with van der Waals surface area (Å²) in [6, 6.07) is 12.1. The summed E-state index contributed by atoms with van der Waals surface area (Å²) in [7, 11) is 1.59. The monoisotopic (exact) mass is 333 g/mol. The second-order valence-corrected chi connectivity index (χ2v) is 5.15. The molecule has 0 fully saturated rings. The fraction of sp³-hybridized carbons (Fsp3) is 0.118. The largest absolute Gasteiger partial charge is 0.495 e. The van der Waals surface area contributed by atoms with E-state index < -0.39 is 0 Å². The highest BCUT2D eigenvalue weighted by molar-refractivity contribution is 6.35. The number of hydrogen-bond donors (Lipinski definition) is 1. The van der Waals surface area contributed by atoms with Crippen molar-refractivity contribution in [1.82, 2.24) is 5.32 Å². The van der Waals surface area contributed by atoms with E-state index >= 15 is 0 Å². The van der Waals surface area contributed by atoms with Crippen LogP contribution >= 0.6 is 23.2 Å². The molecular formula is C17H13Cl2NO2. The molecule has 1 amide bonds. The van der Waals surface area contributed by atoms with Crippen LogP contribution < -0.4 is 10.1 Å². The van der Waals surface area contributed by atoms with Gasteiger partial charge in [0.2, 0.25) is 0 Å². The Balaban J connectivity index is 2.01. The smallest absolute Gasteiger partial charge is 0.253 e. The molecule has 0 aliphatic heterocycles. The number of carbonyl (C=O) groups excluding carboxylic acids is 1. The summed E-state index contributed by atoms with van der Waals surface area (Å²) in [6.45, 7) is 0.194. The maximum Gasteiger partial charge on any atom is 0.253 e. The maximum atomic E-state index is 12.0. The van der Waals surface area contributed by atoms with Crippen molar-refractivity contribution in [1.29, 1.82) is 0 Å². The van der Waals surface area contributed by atoms with E-state index in [9.17, 15) is 4.79 Å². The van der Waals surface area contributed by atoms with E-state index in [1.165, 1.54) is 6.07 Å². The minimum atomic E-state index is -0.318. The van der Waals surface area contributed by atoms with Crippen LogP contribution in [0.5, 0.6) is 5.75 Å². The van der Waals surface area contributed by atoms with Crippen molar-refractivity contribution in [3.63, 3.8) is 0 Å². The lowest BCUT2D eigenvalue weighted by Gasteiger charge is -2.04. The van der Waals surface area contributed by atoms with Gasteiger partial charge in [-0.1, -0.05) is 47.2 Å². The molecule has 0 saturated heterocycles. The third-order valence-electron chi connectivity index (χ3n) is 2.84. The first-order valence-corrected chi connectivity index (χ1v) is 7.22. The number of benzene rings is 2. The molecule has 2 aromatic rings. The summed E-state index contributed by atoms with van der Waals surface area (Å²) >= 11 is 11.8. The predicted molar refractivity (Wildman–Crippen MR) is 88.7 cm³/mol. The van der Waals surface area contributed by atoms with E-state index in [1.807, 2.05) is 24.3 Å². The van der Waals surface area contributed by atoms with Gasteiger partial charge in [0.15, 0.2) is 0 Å². The SMILES string of the molecule is COc1ccccc1C#CCNC(=O)c1cc(Cl)ccc1Cl. The van der Waals surface area contributed by atoms with Crippen LogP contribution in [0, 0.1) is 11.8 Å². The molecule has 0 radical (unpaired) electrons. The molecule has 0 unspecified atom stereocenters. The quantitative estimate of drug-likeness (QED) is 0.868. The lowest BCUT2D eigenvalue weighted by atomic mass is 10.2. The summed E-state index contributed by atoms with van der Waals surface area (Å²) in [5, 5.41) is 3.48. The molecule has 2 rings (SSSR count). The van der Waals surface area contributed by atoms with Crippen molar-refractivity contribution in [3.8, 4) is 17.6 Å². The van der Waals surface area contributed by atoms with Crippen LogP contribution in [0.25, 0.3) is 0 Å². The molecule has 22 heavy (non-hydrogen) atoms. The zero-order valence-electron chi connectivity index (χ0n) is 11.8. The highest BCUT2D eigenvalue weighted by Crippen LogP contribution is 2.20. The van der Waals surface area contributed by atoms with Gasteiger partial charge in [-0.3, -0.25) is 4.79 Å². The molecule has 0 bridgehead atoms. The summed E-state index contributed by atoms with van der Waals surface area (Å²) < 4.78 is 5.20. The Bertz CT molecular complexity index is 748. The second kappa shape index (κ2) is 7.74. The summed E-state index contributed by atoms with van der Waals surface area (Å²) in [5.74, 6) is 6.20. The van der Waals surface area contributed by atoms with Crippen molar-refractivity contribution in [2.45, 2.75) is 0 Å². The number of hydrogen-bond acceptors (Lipinski definition) is 2. The van der Waals surface area contributed by atoms with E-state index in [1.54, 1.807) is 19.2 Å². The Labute approximate surface area is 139 Å². The van der Waals surface area contributed by atoms with E-state index in [2.05, 4.69) is 17.2 Å². The van der Waals surface area contributed by atoms with E-state index in [4.69, 9.17) is 27.9 Å². The van der Waals surface area contributed by atoms with Gasteiger partial charge in [0.25, 0.3) is 5.91 Å². The minimum absolute atomic E-state index is 0.194. The third kappa shape index (κ3) is 4.17. The first kappa shape index (κ1) is 16.2. The van der Waals surface area contributed by atoms with Crippen molar-refractivity contribution in [2.24, 2.45) is 0 Å². The second-order valence-electron chi connectivity index (χ2n) is 4.31. The number of carbonyl (C=O) groups is 1. The topological polar surface area (TPSA) is 38.3 Å². The van der Waals surface area contributed by atoms with E-state index in [0.717, 1.165) is 5.56 Å². The maximum absolute atomic E-state index is 12.0. The highest BCUT2D eigenvalue weighted by Gasteiger charge is 2.09. The number of nitrogens with one attached hydrogen (secondary N) is 1. The Morgan fingerprint density at radius 1 is 1.23 bits per heavy atom. The van der Waals surface area contributed by atoms with Gasteiger partial charge in [-0.2, -0.15) is 0 Å². The zero-order valence-corrected chi connectivity index (χ0v) is 13.3. The lowest BCUT2D eigenvalue weighted by molar-refractivity contribution is 0.0959. The number of ether oxygens (including phenoxy) is 1. The Kier molecular flexibility index (Phi) is 5.71. The Hall–Kier alpha value is -2.15. The van der Waals surface area contributed by atoms with Gasteiger partial charge >= 0.3 is 0 Å². The molecule has 3 nitrogen and oxygen atoms in total. The number of halogens is 2. The molecule has 1 N–H and O–H groups in total. The molecule has 0 heterocycles. The molecule has 2 aromatic carbocycles. The molecule has 0 spiro atoms. The van der Waals surface area contributed by atoms with Crippen LogP contribution in [0.3, 0.4) is 0 Å². The van der Waals surface area contributed by atoms with Crippen molar-refractivity contribution in [3.05, 3.63) is 63.6 Å². The fourth-order valence-electron chi connectivity index (χ4n) is 1.78. The zero-order chi connectivity index (χ0) is 15.9. The van der Waals surface area contributed by atoms with Gasteiger partial charge in [0.05, 0.1) is 29.8 Å². The average Bonchev–Trinajstić information content (AvgIpc) is 2.54. The van der Waals surface area contributed by atoms with E-state index in [-0.39, 0.29) is 12.5 Å². The van der Waals surface area contributed by atoms with Crippen molar-refractivity contribution in [2.75, 3.05) is 13.7 Å². The Morgan fingerprint density at radius 2 is 2.00 bits per heavy atom. The number of rotatable bonds is 3. The van der Waals surface area contributed by atoms with Crippen molar-refractivity contribution < 1.29 is 9.53 Å². The predicted octanol–water partition coefficient (Wildman–Crippen LogP) is 3.78. The standard InChI is InChI=1S/C17H13Cl2NO2/c1-22-16-7-3-2-5-12(16)6-4-10-20-17(21)14-11-13(18)8-9-15(14)19/h2-3,5,7-9,11H,10H2,1H3,(H,20,21). The van der Waals surface area contributed by atoms with Crippen molar-refractivity contribution >= 4 is 29.1 Å². The number of para-hydroxylation sites is 1. The number of methoxy groups -OCH3 is 1. The molecular weight excluding hydrogens is 321 g/mol. The summed E-state index contributed by atoms with van der Waals surface area (Å²) in [4.78, 5) is 12.0. The fourth-order valence-corrected chi connectivity index (χ4v) is 2.15. The highest BCUT2D eigenvalue weighted by atomic mass is 35.5. The van der Waals surface area contributed by atoms with Crippen LogP contribution in [0.4, 0.5) is 0 Å². The molecule has 0 saturated carbocycles. The summed E-state index contributed by atoms with van der Waals surface area (Å²) in [6.07, 6.45) is 0. The van der Waals surface area contributed by atoms with Gasteiger partial charge in [-0.15, -0.1) is 0 Å². The van der Waals surface area contributed by atoms with Gasteiger partial charge < -0.3 is 10.1 Å². The van der Waals surface area contributed by atoms with Crippen LogP contribution in [0.15, 0.2) is 42.5 Å². The average molecular weight is 334 g/mol. The molecule has 0 aliphatic rings. The Morgan fingerprint density at radius 3 is 2.77 bits per heavy atom. The first-order valence-electron chi connectivity index (χ1n) is 6.47. The van der Waals surface area contributed by atoms with Crippen LogP contribution in [0.1, 0.15) is 15.9 Å². The summed E-state index contributed by atoms with van der Waals surface area (Å²) in [5.41, 5.74) is 1.09. The minimum Gasteiger partial charge on any atom is -0.495 e. The van der Waals surface area contributed by atoms with Gasteiger partial charge in [-0.25, -0.2) is 0 Å². The molecule has 0 atom stereocenters. The third-order valence-corrected chi connectivity index (χ3v) is 3.41. The molecule has 112 valence electrons. The van der Waals surface area contributed by atoms with Crippen LogP contribution in [-0.2, 0) is 0 Å².